The standard InChI is InChI=1S/C23H27N3O4/c1-6-11-26-15(2)12-18(16(26)3)13-19(14-24)23(28)30-17(4)22(27)25-20-9-7-8-10-21(20)29-5/h7-10,12-13,17H,6,11H2,1-5H3,(H,25,27)/b19-13+/t17-/m1/s1. The Bertz CT molecular complexity index is 998. The Morgan fingerprint density at radius 2 is 2.00 bits per heavy atom. The van der Waals surface area contributed by atoms with Gasteiger partial charge >= 0.3 is 5.97 Å². The van der Waals surface area contributed by atoms with Crippen LogP contribution < -0.4 is 10.1 Å². The van der Waals surface area contributed by atoms with Gasteiger partial charge in [0.15, 0.2) is 6.10 Å². The van der Waals surface area contributed by atoms with Gasteiger partial charge in [-0.1, -0.05) is 19.1 Å². The van der Waals surface area contributed by atoms with Crippen LogP contribution in [0.15, 0.2) is 35.9 Å². The van der Waals surface area contributed by atoms with Crippen molar-refractivity contribution in [3.05, 3.63) is 52.9 Å². The summed E-state index contributed by atoms with van der Waals surface area (Å²) < 4.78 is 12.5. The van der Waals surface area contributed by atoms with Crippen molar-refractivity contribution >= 4 is 23.6 Å². The van der Waals surface area contributed by atoms with Crippen molar-refractivity contribution in [2.75, 3.05) is 12.4 Å². The summed E-state index contributed by atoms with van der Waals surface area (Å²) in [6.45, 7) is 8.32. The lowest BCUT2D eigenvalue weighted by atomic mass is 10.1. The lowest BCUT2D eigenvalue weighted by Gasteiger charge is -2.15. The van der Waals surface area contributed by atoms with Crippen molar-refractivity contribution in [1.29, 1.82) is 5.26 Å². The summed E-state index contributed by atoms with van der Waals surface area (Å²) in [6.07, 6.45) is 1.39. The number of amides is 1. The van der Waals surface area contributed by atoms with Gasteiger partial charge in [0, 0.05) is 17.9 Å². The number of aryl methyl sites for hydroxylation is 1. The van der Waals surface area contributed by atoms with Crippen molar-refractivity contribution in [2.24, 2.45) is 0 Å². The quantitative estimate of drug-likeness (QED) is 0.404. The van der Waals surface area contributed by atoms with E-state index in [0.717, 1.165) is 29.9 Å². The maximum absolute atomic E-state index is 12.5. The number of rotatable bonds is 8. The van der Waals surface area contributed by atoms with Crippen LogP contribution in [0.25, 0.3) is 6.08 Å². The van der Waals surface area contributed by atoms with E-state index in [-0.39, 0.29) is 5.57 Å². The molecule has 0 aliphatic carbocycles. The number of nitriles is 1. The van der Waals surface area contributed by atoms with Gasteiger partial charge in [-0.15, -0.1) is 0 Å². The Morgan fingerprint density at radius 1 is 1.30 bits per heavy atom. The van der Waals surface area contributed by atoms with Crippen molar-refractivity contribution in [3.63, 3.8) is 0 Å². The van der Waals surface area contributed by atoms with E-state index in [1.807, 2.05) is 26.0 Å². The fourth-order valence-electron chi connectivity index (χ4n) is 3.09. The van der Waals surface area contributed by atoms with E-state index in [2.05, 4.69) is 16.8 Å². The number of hydrogen-bond donors (Lipinski definition) is 1. The summed E-state index contributed by atoms with van der Waals surface area (Å²) in [5.74, 6) is -0.879. The van der Waals surface area contributed by atoms with Gasteiger partial charge in [-0.2, -0.15) is 5.26 Å². The number of benzene rings is 1. The monoisotopic (exact) mass is 409 g/mol. The molecule has 7 heteroatoms. The molecule has 1 N–H and O–H groups in total. The fourth-order valence-corrected chi connectivity index (χ4v) is 3.09. The first-order valence-corrected chi connectivity index (χ1v) is 9.75. The van der Waals surface area contributed by atoms with Crippen molar-refractivity contribution in [2.45, 2.75) is 46.8 Å². The first-order valence-electron chi connectivity index (χ1n) is 9.75. The van der Waals surface area contributed by atoms with Crippen molar-refractivity contribution in [3.8, 4) is 11.8 Å². The summed E-state index contributed by atoms with van der Waals surface area (Å²) in [5, 5.41) is 12.1. The number of nitrogens with one attached hydrogen (secondary N) is 1. The summed E-state index contributed by atoms with van der Waals surface area (Å²) in [6, 6.07) is 10.7. The van der Waals surface area contributed by atoms with E-state index in [1.54, 1.807) is 24.3 Å². The van der Waals surface area contributed by atoms with E-state index in [0.29, 0.717) is 11.4 Å². The maximum Gasteiger partial charge on any atom is 0.349 e. The number of anilines is 1. The van der Waals surface area contributed by atoms with Crippen LogP contribution in [0.1, 0.15) is 37.2 Å². The highest BCUT2D eigenvalue weighted by Crippen LogP contribution is 2.23. The third-order valence-corrected chi connectivity index (χ3v) is 4.72. The van der Waals surface area contributed by atoms with E-state index in [9.17, 15) is 14.9 Å². The second kappa shape index (κ2) is 10.3. The van der Waals surface area contributed by atoms with Gasteiger partial charge < -0.3 is 19.4 Å². The summed E-state index contributed by atoms with van der Waals surface area (Å²) in [4.78, 5) is 24.9. The highest BCUT2D eigenvalue weighted by molar-refractivity contribution is 6.01. The molecule has 0 saturated carbocycles. The van der Waals surface area contributed by atoms with Gasteiger partial charge in [-0.3, -0.25) is 4.79 Å². The van der Waals surface area contributed by atoms with Gasteiger partial charge in [-0.25, -0.2) is 4.79 Å². The topological polar surface area (TPSA) is 93.4 Å². The summed E-state index contributed by atoms with van der Waals surface area (Å²) in [7, 11) is 1.50. The lowest BCUT2D eigenvalue weighted by molar-refractivity contribution is -0.148. The number of hydrogen-bond acceptors (Lipinski definition) is 5. The lowest BCUT2D eigenvalue weighted by Crippen LogP contribution is -2.30. The number of carbonyl (C=O) groups is 2. The number of aromatic nitrogens is 1. The molecular weight excluding hydrogens is 382 g/mol. The van der Waals surface area contributed by atoms with Crippen LogP contribution in [0, 0.1) is 25.2 Å². The van der Waals surface area contributed by atoms with Crippen LogP contribution in [0.5, 0.6) is 5.75 Å². The average Bonchev–Trinajstić information content (AvgIpc) is 2.99. The molecule has 0 fully saturated rings. The SMILES string of the molecule is CCCn1c(C)cc(/C=C(\C#N)C(=O)O[C@H](C)C(=O)Nc2ccccc2OC)c1C. The third-order valence-electron chi connectivity index (χ3n) is 4.72. The molecule has 2 aromatic rings. The zero-order valence-corrected chi connectivity index (χ0v) is 18.0. The third kappa shape index (κ3) is 5.29. The number of para-hydroxylation sites is 2. The van der Waals surface area contributed by atoms with Gasteiger partial charge in [0.05, 0.1) is 12.8 Å². The zero-order valence-electron chi connectivity index (χ0n) is 18.0. The minimum Gasteiger partial charge on any atom is -0.495 e. The minimum absolute atomic E-state index is 0.163. The van der Waals surface area contributed by atoms with Crippen LogP contribution in [-0.4, -0.2) is 29.7 Å². The molecule has 0 aliphatic heterocycles. The van der Waals surface area contributed by atoms with Crippen LogP contribution in [-0.2, 0) is 20.9 Å². The first-order chi connectivity index (χ1) is 14.3. The molecule has 2 rings (SSSR count). The largest absolute Gasteiger partial charge is 0.495 e. The summed E-state index contributed by atoms with van der Waals surface area (Å²) >= 11 is 0. The van der Waals surface area contributed by atoms with E-state index < -0.39 is 18.0 Å². The first kappa shape index (κ1) is 22.8. The van der Waals surface area contributed by atoms with Gasteiger partial charge in [0.1, 0.15) is 17.4 Å². The molecule has 1 aromatic carbocycles. The molecule has 0 aliphatic rings. The van der Waals surface area contributed by atoms with Gasteiger partial charge in [-0.05, 0) is 57.0 Å². The predicted octanol–water partition coefficient (Wildman–Crippen LogP) is 4.00. The molecule has 0 radical (unpaired) electrons. The molecule has 1 amide bonds. The molecule has 158 valence electrons. The second-order valence-electron chi connectivity index (χ2n) is 6.88. The smallest absolute Gasteiger partial charge is 0.349 e. The Morgan fingerprint density at radius 3 is 2.63 bits per heavy atom. The van der Waals surface area contributed by atoms with E-state index in [1.165, 1.54) is 20.1 Å². The zero-order chi connectivity index (χ0) is 22.3. The highest BCUT2D eigenvalue weighted by atomic mass is 16.5. The molecule has 0 unspecified atom stereocenters. The minimum atomic E-state index is -1.09. The second-order valence-corrected chi connectivity index (χ2v) is 6.88. The molecule has 1 aromatic heterocycles. The average molecular weight is 409 g/mol. The number of nitrogens with zero attached hydrogens (tertiary/aromatic N) is 2. The molecule has 30 heavy (non-hydrogen) atoms. The number of carbonyl (C=O) groups excluding carboxylic acids is 2. The Hall–Kier alpha value is -3.53. The molecule has 0 saturated heterocycles. The molecule has 7 nitrogen and oxygen atoms in total. The Labute approximate surface area is 176 Å². The van der Waals surface area contributed by atoms with Crippen LogP contribution in [0.3, 0.4) is 0 Å². The van der Waals surface area contributed by atoms with Gasteiger partial charge in [0.25, 0.3) is 5.91 Å². The van der Waals surface area contributed by atoms with E-state index in [4.69, 9.17) is 9.47 Å². The molecule has 1 atom stereocenters. The van der Waals surface area contributed by atoms with E-state index >= 15 is 0 Å². The van der Waals surface area contributed by atoms with Crippen molar-refractivity contribution < 1.29 is 19.1 Å². The highest BCUT2D eigenvalue weighted by Gasteiger charge is 2.22. The Kier molecular flexibility index (Phi) is 7.82. The van der Waals surface area contributed by atoms with Crippen molar-refractivity contribution in [1.82, 2.24) is 4.57 Å². The number of methoxy groups -OCH3 is 1. The molecule has 1 heterocycles. The molecule has 0 bridgehead atoms. The fraction of sp³-hybridized carbons (Fsp3) is 0.348. The van der Waals surface area contributed by atoms with Gasteiger partial charge in [0.2, 0.25) is 0 Å². The Balaban J connectivity index is 2.13. The molecule has 0 spiro atoms. The van der Waals surface area contributed by atoms with Crippen LogP contribution in [0.2, 0.25) is 0 Å². The molecular formula is C23H27N3O4. The normalized spacial score (nSPS) is 12.1. The number of ether oxygens (including phenoxy) is 2. The van der Waals surface area contributed by atoms with Crippen LogP contribution in [0.4, 0.5) is 5.69 Å². The predicted molar refractivity (Wildman–Crippen MR) is 115 cm³/mol. The maximum atomic E-state index is 12.5. The number of esters is 1. The summed E-state index contributed by atoms with van der Waals surface area (Å²) in [5.41, 5.74) is 3.10. The van der Waals surface area contributed by atoms with Crippen LogP contribution >= 0.6 is 0 Å².